The highest BCUT2D eigenvalue weighted by atomic mass is 32.1. The molecule has 118 valence electrons. The van der Waals surface area contributed by atoms with E-state index in [1.807, 2.05) is 6.07 Å². The number of hydrogen-bond acceptors (Lipinski definition) is 7. The number of nitrogens with zero attached hydrogens (tertiary/aromatic N) is 3. The second kappa shape index (κ2) is 6.18. The third kappa shape index (κ3) is 2.53. The van der Waals surface area contributed by atoms with Crippen molar-refractivity contribution in [3.8, 4) is 6.07 Å². The second-order valence-electron chi connectivity index (χ2n) is 4.95. The van der Waals surface area contributed by atoms with Gasteiger partial charge in [0, 0.05) is 17.2 Å². The molecule has 0 bridgehead atoms. The highest BCUT2D eigenvalue weighted by Crippen LogP contribution is 2.36. The van der Waals surface area contributed by atoms with Crippen molar-refractivity contribution in [2.24, 2.45) is 4.99 Å². The third-order valence-electron chi connectivity index (χ3n) is 3.53. The van der Waals surface area contributed by atoms with Crippen molar-refractivity contribution in [2.75, 3.05) is 7.11 Å². The maximum Gasteiger partial charge on any atom is 0.357 e. The lowest BCUT2D eigenvalue weighted by molar-refractivity contribution is 0.0594. The molecule has 0 spiro atoms. The van der Waals surface area contributed by atoms with Crippen LogP contribution in [0.25, 0.3) is 0 Å². The molecule has 2 aromatic rings. The van der Waals surface area contributed by atoms with Crippen molar-refractivity contribution >= 4 is 29.3 Å². The Morgan fingerprint density at radius 1 is 1.38 bits per heavy atom. The summed E-state index contributed by atoms with van der Waals surface area (Å²) in [6.07, 6.45) is 4.81. The number of Topliss-reactive ketones (excluding diaryl/α,β-unsaturated/α-hetero) is 1. The molecule has 1 aromatic heterocycles. The Morgan fingerprint density at radius 3 is 2.88 bits per heavy atom. The number of aliphatic imine (C=N–C) groups is 1. The first-order chi connectivity index (χ1) is 11.6. The number of carbonyl (C=O) groups is 2. The summed E-state index contributed by atoms with van der Waals surface area (Å²) in [5, 5.41) is 10.9. The van der Waals surface area contributed by atoms with Crippen LogP contribution in [0, 0.1) is 11.3 Å². The van der Waals surface area contributed by atoms with Gasteiger partial charge < -0.3 is 4.74 Å². The molecule has 2 heterocycles. The van der Waals surface area contributed by atoms with Gasteiger partial charge in [-0.25, -0.2) is 9.78 Å². The molecule has 3 rings (SSSR count). The summed E-state index contributed by atoms with van der Waals surface area (Å²) < 4.78 is 4.65. The molecule has 1 unspecified atom stereocenters. The quantitative estimate of drug-likeness (QED) is 0.631. The van der Waals surface area contributed by atoms with E-state index >= 15 is 0 Å². The van der Waals surface area contributed by atoms with E-state index in [1.54, 1.807) is 30.4 Å². The summed E-state index contributed by atoms with van der Waals surface area (Å²) in [6.45, 7) is 0. The molecular weight excluding hydrogens is 326 g/mol. The number of rotatable bonds is 4. The molecule has 24 heavy (non-hydrogen) atoms. The van der Waals surface area contributed by atoms with Crippen LogP contribution in [0.1, 0.15) is 31.4 Å². The maximum atomic E-state index is 13.1. The van der Waals surface area contributed by atoms with Gasteiger partial charge >= 0.3 is 5.97 Å². The van der Waals surface area contributed by atoms with E-state index in [2.05, 4.69) is 14.7 Å². The first-order valence-electron chi connectivity index (χ1n) is 6.93. The van der Waals surface area contributed by atoms with Crippen molar-refractivity contribution in [3.63, 3.8) is 0 Å². The first-order valence-corrected chi connectivity index (χ1v) is 7.81. The van der Waals surface area contributed by atoms with Crippen LogP contribution in [0.4, 0.5) is 0 Å². The molecule has 0 aliphatic carbocycles. The number of thiazole rings is 1. The highest BCUT2D eigenvalue weighted by Gasteiger charge is 2.42. The molecule has 0 saturated heterocycles. The molecule has 1 atom stereocenters. The van der Waals surface area contributed by atoms with E-state index in [4.69, 9.17) is 5.26 Å². The zero-order chi connectivity index (χ0) is 17.2. The Morgan fingerprint density at radius 2 is 2.21 bits per heavy atom. The SMILES string of the molecule is COC(=O)c1csc(C2(C(=O)c3cccc(C#N)c3)C=CC=N2)n1. The summed E-state index contributed by atoms with van der Waals surface area (Å²) in [5.41, 5.74) is -0.444. The zero-order valence-corrected chi connectivity index (χ0v) is 13.4. The number of nitriles is 1. The predicted molar refractivity (Wildman–Crippen MR) is 88.3 cm³/mol. The van der Waals surface area contributed by atoms with Crippen molar-refractivity contribution in [1.82, 2.24) is 4.98 Å². The van der Waals surface area contributed by atoms with Crippen molar-refractivity contribution in [1.29, 1.82) is 5.26 Å². The fraction of sp³-hybridized carbons (Fsp3) is 0.118. The lowest BCUT2D eigenvalue weighted by atomic mass is 9.90. The van der Waals surface area contributed by atoms with E-state index in [1.165, 1.54) is 24.8 Å². The average molecular weight is 337 g/mol. The molecule has 1 aliphatic heterocycles. The topological polar surface area (TPSA) is 92.4 Å². The van der Waals surface area contributed by atoms with Crippen LogP contribution in [0.15, 0.2) is 46.8 Å². The molecule has 7 heteroatoms. The number of ketones is 1. The van der Waals surface area contributed by atoms with Crippen molar-refractivity contribution in [2.45, 2.75) is 5.54 Å². The van der Waals surface area contributed by atoms with Gasteiger partial charge in [0.1, 0.15) is 5.01 Å². The molecule has 1 aromatic carbocycles. The Bertz CT molecular complexity index is 909. The Kier molecular flexibility index (Phi) is 4.06. The number of esters is 1. The van der Waals surface area contributed by atoms with Gasteiger partial charge in [0.15, 0.2) is 11.2 Å². The van der Waals surface area contributed by atoms with Crippen molar-refractivity contribution < 1.29 is 14.3 Å². The monoisotopic (exact) mass is 337 g/mol. The van der Waals surface area contributed by atoms with Gasteiger partial charge in [-0.2, -0.15) is 5.26 Å². The van der Waals surface area contributed by atoms with E-state index in [0.29, 0.717) is 16.1 Å². The maximum absolute atomic E-state index is 13.1. The Hall–Kier alpha value is -3.11. The average Bonchev–Trinajstić information content (AvgIpc) is 3.30. The Balaban J connectivity index is 2.06. The molecule has 0 N–H and O–H groups in total. The van der Waals surface area contributed by atoms with Gasteiger partial charge in [-0.1, -0.05) is 12.1 Å². The fourth-order valence-electron chi connectivity index (χ4n) is 2.34. The van der Waals surface area contributed by atoms with Crippen LogP contribution in [0.3, 0.4) is 0 Å². The van der Waals surface area contributed by atoms with Crippen LogP contribution >= 0.6 is 11.3 Å². The van der Waals surface area contributed by atoms with E-state index in [-0.39, 0.29) is 11.5 Å². The van der Waals surface area contributed by atoms with Crippen LogP contribution in [-0.2, 0) is 10.3 Å². The minimum Gasteiger partial charge on any atom is -0.464 e. The summed E-state index contributed by atoms with van der Waals surface area (Å²) in [5.74, 6) is -0.882. The molecule has 0 amide bonds. The number of hydrogen-bond donors (Lipinski definition) is 0. The molecule has 0 radical (unpaired) electrons. The zero-order valence-electron chi connectivity index (χ0n) is 12.6. The number of carbonyl (C=O) groups excluding carboxylic acids is 2. The summed E-state index contributed by atoms with van der Waals surface area (Å²) >= 11 is 1.16. The fourth-order valence-corrected chi connectivity index (χ4v) is 3.26. The van der Waals surface area contributed by atoms with Crippen molar-refractivity contribution in [3.05, 3.63) is 63.6 Å². The summed E-state index contributed by atoms with van der Waals surface area (Å²) in [6, 6.07) is 8.41. The van der Waals surface area contributed by atoms with Gasteiger partial charge in [0.05, 0.1) is 18.7 Å². The van der Waals surface area contributed by atoms with Gasteiger partial charge in [0.25, 0.3) is 0 Å². The number of allylic oxidation sites excluding steroid dienone is 1. The van der Waals surface area contributed by atoms with Crippen LogP contribution in [0.2, 0.25) is 0 Å². The van der Waals surface area contributed by atoms with Gasteiger partial charge in [0.2, 0.25) is 5.78 Å². The first kappa shape index (κ1) is 15.8. The second-order valence-corrected chi connectivity index (χ2v) is 5.81. The Labute approximate surface area is 141 Å². The molecular formula is C17H11N3O3S. The van der Waals surface area contributed by atoms with Gasteiger partial charge in [-0.3, -0.25) is 9.79 Å². The largest absolute Gasteiger partial charge is 0.464 e. The standard InChI is InChI=1S/C17H11N3O3S/c1-23-15(22)13-10-24-16(20-13)17(6-3-7-19-17)14(21)12-5-2-4-11(8-12)9-18/h2-8,10H,1H3. The van der Waals surface area contributed by atoms with Gasteiger partial charge in [-0.05, 0) is 24.3 Å². The normalized spacial score (nSPS) is 18.3. The van der Waals surface area contributed by atoms with E-state index < -0.39 is 11.5 Å². The minimum absolute atomic E-state index is 0.131. The van der Waals surface area contributed by atoms with Crippen LogP contribution in [0.5, 0.6) is 0 Å². The molecule has 6 nitrogen and oxygen atoms in total. The van der Waals surface area contributed by atoms with Crippen LogP contribution < -0.4 is 0 Å². The third-order valence-corrected chi connectivity index (χ3v) is 4.49. The van der Waals surface area contributed by atoms with Crippen LogP contribution in [-0.4, -0.2) is 30.1 Å². The summed E-state index contributed by atoms with van der Waals surface area (Å²) in [7, 11) is 1.27. The summed E-state index contributed by atoms with van der Waals surface area (Å²) in [4.78, 5) is 33.2. The number of methoxy groups -OCH3 is 1. The molecule has 0 saturated carbocycles. The van der Waals surface area contributed by atoms with E-state index in [9.17, 15) is 9.59 Å². The number of benzene rings is 1. The molecule has 1 aliphatic rings. The highest BCUT2D eigenvalue weighted by molar-refractivity contribution is 7.10. The van der Waals surface area contributed by atoms with E-state index in [0.717, 1.165) is 11.3 Å². The lowest BCUT2D eigenvalue weighted by Crippen LogP contribution is -2.31. The smallest absolute Gasteiger partial charge is 0.357 e. The number of aromatic nitrogens is 1. The predicted octanol–water partition coefficient (Wildman–Crippen LogP) is 2.52. The minimum atomic E-state index is -1.31. The van der Waals surface area contributed by atoms with Gasteiger partial charge in [-0.15, -0.1) is 11.3 Å². The lowest BCUT2D eigenvalue weighted by Gasteiger charge is -2.20. The molecule has 0 fully saturated rings. The number of ether oxygens (including phenoxy) is 1.